The molecule has 0 unspecified atom stereocenters. The highest BCUT2D eigenvalue weighted by molar-refractivity contribution is 7.89. The van der Waals surface area contributed by atoms with Crippen molar-refractivity contribution in [2.24, 2.45) is 5.92 Å². The summed E-state index contributed by atoms with van der Waals surface area (Å²) >= 11 is 0. The van der Waals surface area contributed by atoms with Gasteiger partial charge in [-0.05, 0) is 44.2 Å². The van der Waals surface area contributed by atoms with E-state index in [1.54, 1.807) is 6.20 Å². The lowest BCUT2D eigenvalue weighted by Crippen LogP contribution is -2.31. The Morgan fingerprint density at radius 1 is 1.19 bits per heavy atom. The summed E-state index contributed by atoms with van der Waals surface area (Å²) in [5.74, 6) is 0.992. The minimum absolute atomic E-state index is 0.000280. The fourth-order valence-electron chi connectivity index (χ4n) is 3.25. The van der Waals surface area contributed by atoms with E-state index < -0.39 is 10.0 Å². The van der Waals surface area contributed by atoms with Gasteiger partial charge >= 0.3 is 0 Å². The maximum absolute atomic E-state index is 11.7. The van der Waals surface area contributed by atoms with Crippen molar-refractivity contribution in [2.45, 2.75) is 31.8 Å². The van der Waals surface area contributed by atoms with Crippen LogP contribution in [0.15, 0.2) is 36.5 Å². The standard InChI is InChI=1S/C18H24N4O3S/c1-20-26(23,24)12-13-7-9-15(10-8-13)25-17-16(11-21-18(19)22-17)14-5-3-2-4-6-14/h2-6,11,13,15,20H,7-10,12H2,1H3,(H2,19,21,22). The van der Waals surface area contributed by atoms with E-state index in [0.29, 0.717) is 5.88 Å². The maximum atomic E-state index is 11.7. The molecule has 0 radical (unpaired) electrons. The minimum Gasteiger partial charge on any atom is -0.474 e. The molecule has 1 aliphatic rings. The van der Waals surface area contributed by atoms with Gasteiger partial charge in [0.15, 0.2) is 0 Å². The first-order valence-electron chi connectivity index (χ1n) is 8.72. The molecule has 1 saturated carbocycles. The Bertz CT molecular complexity index is 835. The monoisotopic (exact) mass is 376 g/mol. The van der Waals surface area contributed by atoms with Gasteiger partial charge in [0.2, 0.25) is 21.9 Å². The number of rotatable bonds is 6. The number of nitrogen functional groups attached to an aromatic ring is 1. The molecule has 26 heavy (non-hydrogen) atoms. The number of benzene rings is 1. The van der Waals surface area contributed by atoms with Crippen LogP contribution in [0.25, 0.3) is 11.1 Å². The Morgan fingerprint density at radius 2 is 1.88 bits per heavy atom. The zero-order valence-electron chi connectivity index (χ0n) is 14.8. The Morgan fingerprint density at radius 3 is 2.54 bits per heavy atom. The van der Waals surface area contributed by atoms with Crippen LogP contribution in [0.2, 0.25) is 0 Å². The number of ether oxygens (including phenoxy) is 1. The van der Waals surface area contributed by atoms with Gasteiger partial charge in [-0.2, -0.15) is 4.98 Å². The summed E-state index contributed by atoms with van der Waals surface area (Å²) in [7, 11) is -1.72. The van der Waals surface area contributed by atoms with Crippen molar-refractivity contribution in [1.82, 2.24) is 14.7 Å². The van der Waals surface area contributed by atoms with Crippen molar-refractivity contribution in [3.8, 4) is 17.0 Å². The summed E-state index contributed by atoms with van der Waals surface area (Å²) in [6.45, 7) is 0. The zero-order chi connectivity index (χ0) is 18.6. The Hall–Kier alpha value is -2.19. The van der Waals surface area contributed by atoms with Gasteiger partial charge in [-0.25, -0.2) is 18.1 Å². The van der Waals surface area contributed by atoms with E-state index in [-0.39, 0.29) is 23.7 Å². The second kappa shape index (κ2) is 8.01. The van der Waals surface area contributed by atoms with E-state index in [0.717, 1.165) is 36.8 Å². The molecule has 8 heteroatoms. The molecule has 3 rings (SSSR count). The summed E-state index contributed by atoms with van der Waals surface area (Å²) in [6, 6.07) is 9.79. The molecule has 3 N–H and O–H groups in total. The lowest BCUT2D eigenvalue weighted by Gasteiger charge is -2.28. The fraction of sp³-hybridized carbons (Fsp3) is 0.444. The number of hydrogen-bond donors (Lipinski definition) is 2. The van der Waals surface area contributed by atoms with E-state index in [9.17, 15) is 8.42 Å². The van der Waals surface area contributed by atoms with Crippen LogP contribution in [0.4, 0.5) is 5.95 Å². The molecule has 1 aliphatic carbocycles. The van der Waals surface area contributed by atoms with Gasteiger partial charge in [0.05, 0.1) is 11.3 Å². The molecule has 1 aromatic carbocycles. The van der Waals surface area contributed by atoms with Gasteiger partial charge in [0.25, 0.3) is 0 Å². The summed E-state index contributed by atoms with van der Waals surface area (Å²) < 4.78 is 31.9. The van der Waals surface area contributed by atoms with Crippen LogP contribution in [-0.4, -0.2) is 37.3 Å². The minimum atomic E-state index is -3.17. The second-order valence-electron chi connectivity index (χ2n) is 6.56. The molecular formula is C18H24N4O3S. The van der Waals surface area contributed by atoms with Crippen molar-refractivity contribution in [1.29, 1.82) is 0 Å². The summed E-state index contributed by atoms with van der Waals surface area (Å²) in [4.78, 5) is 8.36. The molecule has 140 valence electrons. The van der Waals surface area contributed by atoms with E-state index in [1.165, 1.54) is 7.05 Å². The molecule has 0 spiro atoms. The Kier molecular flexibility index (Phi) is 5.73. The van der Waals surface area contributed by atoms with E-state index in [4.69, 9.17) is 10.5 Å². The maximum Gasteiger partial charge on any atom is 0.226 e. The summed E-state index contributed by atoms with van der Waals surface area (Å²) in [5, 5.41) is 0. The first-order chi connectivity index (χ1) is 12.5. The highest BCUT2D eigenvalue weighted by atomic mass is 32.2. The average molecular weight is 376 g/mol. The first-order valence-corrected chi connectivity index (χ1v) is 10.4. The highest BCUT2D eigenvalue weighted by Crippen LogP contribution is 2.32. The van der Waals surface area contributed by atoms with Gasteiger partial charge < -0.3 is 10.5 Å². The van der Waals surface area contributed by atoms with Crippen LogP contribution in [0, 0.1) is 5.92 Å². The largest absolute Gasteiger partial charge is 0.474 e. The van der Waals surface area contributed by atoms with Gasteiger partial charge in [-0.1, -0.05) is 30.3 Å². The fourth-order valence-corrected chi connectivity index (χ4v) is 4.37. The predicted octanol–water partition coefficient (Wildman–Crippen LogP) is 2.21. The summed E-state index contributed by atoms with van der Waals surface area (Å²) in [5.41, 5.74) is 7.52. The topological polar surface area (TPSA) is 107 Å². The van der Waals surface area contributed by atoms with Crippen LogP contribution >= 0.6 is 0 Å². The predicted molar refractivity (Wildman–Crippen MR) is 101 cm³/mol. The van der Waals surface area contributed by atoms with Gasteiger partial charge in [-0.15, -0.1) is 0 Å². The smallest absolute Gasteiger partial charge is 0.226 e. The number of hydrogen-bond acceptors (Lipinski definition) is 6. The van der Waals surface area contributed by atoms with Crippen molar-refractivity contribution in [2.75, 3.05) is 18.5 Å². The Labute approximate surface area is 154 Å². The van der Waals surface area contributed by atoms with Crippen molar-refractivity contribution in [3.05, 3.63) is 36.5 Å². The number of aromatic nitrogens is 2. The molecule has 0 saturated heterocycles. The molecule has 2 aromatic rings. The third kappa shape index (κ3) is 4.70. The number of nitrogens with one attached hydrogen (secondary N) is 1. The number of sulfonamides is 1. The van der Waals surface area contributed by atoms with E-state index in [1.807, 2.05) is 30.3 Å². The quantitative estimate of drug-likeness (QED) is 0.800. The lowest BCUT2D eigenvalue weighted by atomic mass is 9.89. The summed E-state index contributed by atoms with van der Waals surface area (Å²) in [6.07, 6.45) is 4.89. The molecule has 7 nitrogen and oxygen atoms in total. The van der Waals surface area contributed by atoms with Gasteiger partial charge in [0, 0.05) is 6.20 Å². The molecule has 0 aliphatic heterocycles. The number of nitrogens with two attached hydrogens (primary N) is 1. The van der Waals surface area contributed by atoms with E-state index >= 15 is 0 Å². The van der Waals surface area contributed by atoms with Crippen LogP contribution in [0.3, 0.4) is 0 Å². The SMILES string of the molecule is CNS(=O)(=O)CC1CCC(Oc2nc(N)ncc2-c2ccccc2)CC1. The second-order valence-corrected chi connectivity index (χ2v) is 8.53. The van der Waals surface area contributed by atoms with Gasteiger partial charge in [0.1, 0.15) is 6.10 Å². The number of nitrogens with zero attached hydrogens (tertiary/aromatic N) is 2. The molecule has 0 atom stereocenters. The molecule has 1 heterocycles. The molecular weight excluding hydrogens is 352 g/mol. The third-order valence-electron chi connectivity index (χ3n) is 4.70. The Balaban J connectivity index is 1.68. The molecule has 1 fully saturated rings. The first kappa shape index (κ1) is 18.6. The van der Waals surface area contributed by atoms with Crippen LogP contribution < -0.4 is 15.2 Å². The van der Waals surface area contributed by atoms with Crippen molar-refractivity contribution >= 4 is 16.0 Å². The normalized spacial score (nSPS) is 20.7. The highest BCUT2D eigenvalue weighted by Gasteiger charge is 2.27. The van der Waals surface area contributed by atoms with E-state index in [2.05, 4.69) is 14.7 Å². The molecule has 0 amide bonds. The average Bonchev–Trinajstić information content (AvgIpc) is 2.64. The molecule has 1 aromatic heterocycles. The van der Waals surface area contributed by atoms with Gasteiger partial charge in [-0.3, -0.25) is 0 Å². The van der Waals surface area contributed by atoms with Crippen LogP contribution in [-0.2, 0) is 10.0 Å². The van der Waals surface area contributed by atoms with Crippen molar-refractivity contribution in [3.63, 3.8) is 0 Å². The third-order valence-corrected chi connectivity index (χ3v) is 6.23. The van der Waals surface area contributed by atoms with Crippen molar-refractivity contribution < 1.29 is 13.2 Å². The zero-order valence-corrected chi connectivity index (χ0v) is 15.6. The van der Waals surface area contributed by atoms with Crippen LogP contribution in [0.5, 0.6) is 5.88 Å². The lowest BCUT2D eigenvalue weighted by molar-refractivity contribution is 0.131. The number of anilines is 1. The molecule has 0 bridgehead atoms. The van der Waals surface area contributed by atoms with Crippen LogP contribution in [0.1, 0.15) is 25.7 Å².